The molecule has 0 bridgehead atoms. The van der Waals surface area contributed by atoms with E-state index in [0.29, 0.717) is 19.6 Å². The van der Waals surface area contributed by atoms with Crippen molar-refractivity contribution in [3.63, 3.8) is 0 Å². The molecule has 0 amide bonds. The molecule has 1 aliphatic carbocycles. The van der Waals surface area contributed by atoms with Crippen molar-refractivity contribution < 1.29 is 19.1 Å². The van der Waals surface area contributed by atoms with Gasteiger partial charge in [0.25, 0.3) is 0 Å². The largest absolute Gasteiger partial charge is 0.466 e. The summed E-state index contributed by atoms with van der Waals surface area (Å²) in [6, 6.07) is 8.15. The van der Waals surface area contributed by atoms with Crippen LogP contribution in [0.3, 0.4) is 0 Å². The lowest BCUT2D eigenvalue weighted by atomic mass is 9.56. The highest BCUT2D eigenvalue weighted by atomic mass is 16.5. The zero-order valence-corrected chi connectivity index (χ0v) is 15.1. The van der Waals surface area contributed by atoms with Crippen molar-refractivity contribution in [2.45, 2.75) is 52.4 Å². The summed E-state index contributed by atoms with van der Waals surface area (Å²) in [5.74, 6) is -1.56. The number of benzene rings is 1. The first kappa shape index (κ1) is 18.5. The molecule has 0 fully saturated rings. The average molecular weight is 332 g/mol. The molecule has 0 spiro atoms. The zero-order valence-electron chi connectivity index (χ0n) is 15.1. The Hall–Kier alpha value is -1.84. The standard InChI is InChI=1S/C20H28O4/c1-5-20(6-2)16-12-10-9-11-14(16)13-15(18(21)23-7-3)17(20)19(22)24-8-4/h9-12,15,17H,5-8,13H2,1-4H3. The summed E-state index contributed by atoms with van der Waals surface area (Å²) in [5.41, 5.74) is 1.92. The quantitative estimate of drug-likeness (QED) is 0.746. The van der Waals surface area contributed by atoms with Crippen molar-refractivity contribution >= 4 is 11.9 Å². The Morgan fingerprint density at radius 2 is 1.58 bits per heavy atom. The van der Waals surface area contributed by atoms with E-state index in [1.54, 1.807) is 13.8 Å². The van der Waals surface area contributed by atoms with Crippen LogP contribution < -0.4 is 0 Å². The topological polar surface area (TPSA) is 52.6 Å². The van der Waals surface area contributed by atoms with Crippen LogP contribution in [0.25, 0.3) is 0 Å². The molecule has 2 unspecified atom stereocenters. The highest BCUT2D eigenvalue weighted by Gasteiger charge is 2.53. The second-order valence-electron chi connectivity index (χ2n) is 6.31. The first-order valence-electron chi connectivity index (χ1n) is 8.97. The maximum atomic E-state index is 12.8. The van der Waals surface area contributed by atoms with Crippen LogP contribution in [0.5, 0.6) is 0 Å². The van der Waals surface area contributed by atoms with Crippen molar-refractivity contribution in [1.29, 1.82) is 0 Å². The third-order valence-electron chi connectivity index (χ3n) is 5.38. The molecule has 1 aromatic rings. The van der Waals surface area contributed by atoms with E-state index in [9.17, 15) is 9.59 Å². The number of ether oxygens (including phenoxy) is 2. The summed E-state index contributed by atoms with van der Waals surface area (Å²) in [4.78, 5) is 25.4. The second-order valence-corrected chi connectivity index (χ2v) is 6.31. The fourth-order valence-corrected chi connectivity index (χ4v) is 4.25. The maximum absolute atomic E-state index is 12.8. The van der Waals surface area contributed by atoms with Crippen molar-refractivity contribution in [3.05, 3.63) is 35.4 Å². The van der Waals surface area contributed by atoms with E-state index < -0.39 is 17.3 Å². The number of rotatable bonds is 6. The van der Waals surface area contributed by atoms with Crippen LogP contribution in [0.15, 0.2) is 24.3 Å². The third-order valence-corrected chi connectivity index (χ3v) is 5.38. The van der Waals surface area contributed by atoms with Gasteiger partial charge in [-0.3, -0.25) is 9.59 Å². The van der Waals surface area contributed by atoms with E-state index in [1.165, 1.54) is 5.56 Å². The van der Waals surface area contributed by atoms with Gasteiger partial charge in [-0.1, -0.05) is 38.1 Å². The Balaban J connectivity index is 2.60. The maximum Gasteiger partial charge on any atom is 0.310 e. The number of esters is 2. The lowest BCUT2D eigenvalue weighted by Gasteiger charge is -2.46. The van der Waals surface area contributed by atoms with Crippen molar-refractivity contribution in [3.8, 4) is 0 Å². The molecule has 1 aromatic carbocycles. The Bertz CT molecular complexity index is 589. The first-order chi connectivity index (χ1) is 11.6. The minimum Gasteiger partial charge on any atom is -0.466 e. The molecule has 4 heteroatoms. The highest BCUT2D eigenvalue weighted by Crippen LogP contribution is 2.49. The van der Waals surface area contributed by atoms with Crippen LogP contribution in [0.1, 0.15) is 51.7 Å². The van der Waals surface area contributed by atoms with Crippen LogP contribution in [0.4, 0.5) is 0 Å². The normalized spacial score (nSPS) is 21.7. The monoisotopic (exact) mass is 332 g/mol. The fraction of sp³-hybridized carbons (Fsp3) is 0.600. The molecule has 2 rings (SSSR count). The number of carbonyl (C=O) groups excluding carboxylic acids is 2. The van der Waals surface area contributed by atoms with E-state index in [2.05, 4.69) is 26.0 Å². The van der Waals surface area contributed by atoms with Gasteiger partial charge < -0.3 is 9.47 Å². The molecular formula is C20H28O4. The average Bonchev–Trinajstić information content (AvgIpc) is 2.60. The van der Waals surface area contributed by atoms with E-state index in [1.807, 2.05) is 12.1 Å². The van der Waals surface area contributed by atoms with E-state index in [-0.39, 0.29) is 11.9 Å². The van der Waals surface area contributed by atoms with Crippen LogP contribution in [-0.2, 0) is 30.9 Å². The SMILES string of the molecule is CCOC(=O)C1Cc2ccccc2C(CC)(CC)C1C(=O)OCC. The zero-order chi connectivity index (χ0) is 17.7. The van der Waals surface area contributed by atoms with Crippen molar-refractivity contribution in [2.24, 2.45) is 11.8 Å². The second kappa shape index (κ2) is 7.82. The van der Waals surface area contributed by atoms with Gasteiger partial charge in [-0.05, 0) is 44.2 Å². The van der Waals surface area contributed by atoms with Crippen LogP contribution in [-0.4, -0.2) is 25.2 Å². The molecule has 4 nitrogen and oxygen atoms in total. The minimum absolute atomic E-state index is 0.284. The molecule has 0 saturated carbocycles. The summed E-state index contributed by atoms with van der Waals surface area (Å²) in [5, 5.41) is 0. The summed E-state index contributed by atoms with van der Waals surface area (Å²) >= 11 is 0. The smallest absolute Gasteiger partial charge is 0.310 e. The van der Waals surface area contributed by atoms with Gasteiger partial charge in [0.15, 0.2) is 0 Å². The van der Waals surface area contributed by atoms with E-state index in [4.69, 9.17) is 9.47 Å². The molecule has 132 valence electrons. The molecule has 0 radical (unpaired) electrons. The van der Waals surface area contributed by atoms with Crippen molar-refractivity contribution in [2.75, 3.05) is 13.2 Å². The lowest BCUT2D eigenvalue weighted by Crippen LogP contribution is -2.51. The number of hydrogen-bond acceptors (Lipinski definition) is 4. The van der Waals surface area contributed by atoms with Crippen LogP contribution >= 0.6 is 0 Å². The van der Waals surface area contributed by atoms with Gasteiger partial charge in [0.1, 0.15) is 0 Å². The predicted molar refractivity (Wildman–Crippen MR) is 92.7 cm³/mol. The molecule has 2 atom stereocenters. The third kappa shape index (κ3) is 3.06. The number of fused-ring (bicyclic) bond motifs is 1. The Morgan fingerprint density at radius 3 is 2.17 bits per heavy atom. The van der Waals surface area contributed by atoms with Gasteiger partial charge in [-0.25, -0.2) is 0 Å². The minimum atomic E-state index is -0.499. The first-order valence-corrected chi connectivity index (χ1v) is 8.97. The highest BCUT2D eigenvalue weighted by molar-refractivity contribution is 5.85. The molecular weight excluding hydrogens is 304 g/mol. The lowest BCUT2D eigenvalue weighted by molar-refractivity contribution is -0.165. The van der Waals surface area contributed by atoms with Gasteiger partial charge in [0, 0.05) is 5.41 Å². The molecule has 0 aliphatic heterocycles. The van der Waals surface area contributed by atoms with Crippen LogP contribution in [0.2, 0.25) is 0 Å². The Labute approximate surface area is 144 Å². The molecule has 0 heterocycles. The summed E-state index contributed by atoms with van der Waals surface area (Å²) in [7, 11) is 0. The Morgan fingerprint density at radius 1 is 1.00 bits per heavy atom. The summed E-state index contributed by atoms with van der Waals surface area (Å²) < 4.78 is 10.7. The van der Waals surface area contributed by atoms with Crippen LogP contribution in [0, 0.1) is 11.8 Å². The molecule has 0 N–H and O–H groups in total. The van der Waals surface area contributed by atoms with E-state index >= 15 is 0 Å². The molecule has 1 aliphatic rings. The predicted octanol–water partition coefficient (Wildman–Crippen LogP) is 3.66. The van der Waals surface area contributed by atoms with Gasteiger partial charge in [0.05, 0.1) is 25.0 Å². The summed E-state index contributed by atoms with van der Waals surface area (Å²) in [6.07, 6.45) is 2.08. The van der Waals surface area contributed by atoms with Gasteiger partial charge in [-0.2, -0.15) is 0 Å². The fourth-order valence-electron chi connectivity index (χ4n) is 4.25. The number of carbonyl (C=O) groups is 2. The van der Waals surface area contributed by atoms with Gasteiger partial charge >= 0.3 is 11.9 Å². The van der Waals surface area contributed by atoms with E-state index in [0.717, 1.165) is 18.4 Å². The van der Waals surface area contributed by atoms with Gasteiger partial charge in [0.2, 0.25) is 0 Å². The Kier molecular flexibility index (Phi) is 6.03. The molecule has 0 saturated heterocycles. The summed E-state index contributed by atoms with van der Waals surface area (Å²) in [6.45, 7) is 8.39. The number of hydrogen-bond donors (Lipinski definition) is 0. The molecule has 0 aromatic heterocycles. The van der Waals surface area contributed by atoms with Crippen molar-refractivity contribution in [1.82, 2.24) is 0 Å². The molecule has 24 heavy (non-hydrogen) atoms. The van der Waals surface area contributed by atoms with Gasteiger partial charge in [-0.15, -0.1) is 0 Å².